The van der Waals surface area contributed by atoms with E-state index in [1.165, 1.54) is 0 Å². The van der Waals surface area contributed by atoms with Gasteiger partial charge in [-0.1, -0.05) is 11.6 Å². The van der Waals surface area contributed by atoms with Gasteiger partial charge < -0.3 is 5.73 Å². The van der Waals surface area contributed by atoms with Crippen LogP contribution in [0.1, 0.15) is 22.9 Å². The molecule has 0 aromatic carbocycles. The summed E-state index contributed by atoms with van der Waals surface area (Å²) < 4.78 is 0. The first-order chi connectivity index (χ1) is 7.68. The van der Waals surface area contributed by atoms with Crippen molar-refractivity contribution in [1.29, 1.82) is 0 Å². The molecule has 3 nitrogen and oxygen atoms in total. The Bertz CT molecular complexity index is 482. The van der Waals surface area contributed by atoms with Gasteiger partial charge in [0.25, 0.3) is 0 Å². The molecule has 0 aliphatic heterocycles. The van der Waals surface area contributed by atoms with Crippen LogP contribution >= 0.6 is 11.6 Å². The van der Waals surface area contributed by atoms with Gasteiger partial charge in [0.1, 0.15) is 0 Å². The van der Waals surface area contributed by atoms with E-state index in [4.69, 9.17) is 17.3 Å². The lowest BCUT2D eigenvalue weighted by Gasteiger charge is -2.13. The van der Waals surface area contributed by atoms with Crippen LogP contribution in [-0.2, 0) is 0 Å². The van der Waals surface area contributed by atoms with Crippen LogP contribution in [-0.4, -0.2) is 9.97 Å². The first kappa shape index (κ1) is 11.0. The molecular formula is C12H12ClN3. The van der Waals surface area contributed by atoms with E-state index in [0.717, 1.165) is 16.8 Å². The van der Waals surface area contributed by atoms with Gasteiger partial charge in [-0.05, 0) is 36.2 Å². The van der Waals surface area contributed by atoms with E-state index in [9.17, 15) is 0 Å². The lowest BCUT2D eigenvalue weighted by atomic mass is 10.0. The number of aromatic nitrogens is 2. The fraction of sp³-hybridized carbons (Fsp3) is 0.167. The topological polar surface area (TPSA) is 51.8 Å². The molecule has 0 aliphatic rings. The van der Waals surface area contributed by atoms with E-state index in [0.29, 0.717) is 5.02 Å². The van der Waals surface area contributed by atoms with Crippen LogP contribution in [0.5, 0.6) is 0 Å². The number of nitrogens with zero attached hydrogens (tertiary/aromatic N) is 2. The average Bonchev–Trinajstić information content (AvgIpc) is 2.30. The molecule has 1 unspecified atom stereocenters. The Kier molecular flexibility index (Phi) is 3.17. The Balaban J connectivity index is 2.35. The van der Waals surface area contributed by atoms with Gasteiger partial charge in [0, 0.05) is 18.6 Å². The molecule has 2 N–H and O–H groups in total. The highest BCUT2D eigenvalue weighted by Crippen LogP contribution is 2.20. The molecule has 2 aromatic rings. The van der Waals surface area contributed by atoms with Crippen molar-refractivity contribution in [2.45, 2.75) is 13.0 Å². The summed E-state index contributed by atoms with van der Waals surface area (Å²) in [5.74, 6) is 0. The molecule has 0 aliphatic carbocycles. The molecule has 0 radical (unpaired) electrons. The van der Waals surface area contributed by atoms with Crippen molar-refractivity contribution in [3.8, 4) is 0 Å². The highest BCUT2D eigenvalue weighted by molar-refractivity contribution is 6.30. The summed E-state index contributed by atoms with van der Waals surface area (Å²) in [6, 6.07) is 5.30. The van der Waals surface area contributed by atoms with Crippen molar-refractivity contribution in [3.63, 3.8) is 0 Å². The molecule has 0 bridgehead atoms. The van der Waals surface area contributed by atoms with E-state index in [1.807, 2.05) is 19.1 Å². The number of halogens is 1. The van der Waals surface area contributed by atoms with Crippen LogP contribution in [0, 0.1) is 6.92 Å². The Labute approximate surface area is 99.3 Å². The summed E-state index contributed by atoms with van der Waals surface area (Å²) in [7, 11) is 0. The molecule has 82 valence electrons. The minimum absolute atomic E-state index is 0.258. The second-order valence-electron chi connectivity index (χ2n) is 3.61. The zero-order chi connectivity index (χ0) is 11.5. The summed E-state index contributed by atoms with van der Waals surface area (Å²) in [5, 5.41) is 0.610. The number of nitrogens with two attached hydrogens (primary N) is 1. The average molecular weight is 234 g/mol. The maximum absolute atomic E-state index is 6.12. The first-order valence-corrected chi connectivity index (χ1v) is 5.34. The minimum atomic E-state index is -0.258. The summed E-state index contributed by atoms with van der Waals surface area (Å²) in [6.45, 7) is 2.01. The van der Waals surface area contributed by atoms with Crippen molar-refractivity contribution in [1.82, 2.24) is 9.97 Å². The largest absolute Gasteiger partial charge is 0.319 e. The second kappa shape index (κ2) is 4.60. The fourth-order valence-electron chi connectivity index (χ4n) is 1.53. The van der Waals surface area contributed by atoms with Crippen LogP contribution < -0.4 is 5.73 Å². The lowest BCUT2D eigenvalue weighted by Crippen LogP contribution is -2.14. The van der Waals surface area contributed by atoms with E-state index in [-0.39, 0.29) is 6.04 Å². The molecule has 0 amide bonds. The Morgan fingerprint density at radius 3 is 2.69 bits per heavy atom. The van der Waals surface area contributed by atoms with Crippen LogP contribution in [0.4, 0.5) is 0 Å². The molecule has 16 heavy (non-hydrogen) atoms. The predicted molar refractivity (Wildman–Crippen MR) is 64.3 cm³/mol. The number of hydrogen-bond acceptors (Lipinski definition) is 3. The number of pyridine rings is 2. The molecule has 0 saturated carbocycles. The van der Waals surface area contributed by atoms with Crippen LogP contribution in [0.15, 0.2) is 36.8 Å². The maximum atomic E-state index is 6.12. The van der Waals surface area contributed by atoms with Gasteiger partial charge in [-0.15, -0.1) is 0 Å². The molecule has 2 aromatic heterocycles. The third-order valence-corrected chi connectivity index (χ3v) is 2.71. The van der Waals surface area contributed by atoms with E-state index < -0.39 is 0 Å². The highest BCUT2D eigenvalue weighted by Gasteiger charge is 2.12. The summed E-state index contributed by atoms with van der Waals surface area (Å²) >= 11 is 5.78. The van der Waals surface area contributed by atoms with Crippen LogP contribution in [0.2, 0.25) is 5.02 Å². The van der Waals surface area contributed by atoms with Crippen LogP contribution in [0.25, 0.3) is 0 Å². The Morgan fingerprint density at radius 2 is 2.06 bits per heavy atom. The third kappa shape index (κ3) is 2.21. The summed E-state index contributed by atoms with van der Waals surface area (Å²) in [6.07, 6.45) is 5.12. The van der Waals surface area contributed by atoms with Crippen molar-refractivity contribution in [3.05, 3.63) is 58.6 Å². The smallest absolute Gasteiger partial charge is 0.0743 e. The Hall–Kier alpha value is -1.45. The van der Waals surface area contributed by atoms with E-state index in [2.05, 4.69) is 9.97 Å². The standard InChI is InChI=1S/C12H12ClN3/c1-8-4-5-15-7-10(8)12(14)11-3-2-9(13)6-16-11/h2-7,12H,14H2,1H3. The van der Waals surface area contributed by atoms with Crippen molar-refractivity contribution < 1.29 is 0 Å². The highest BCUT2D eigenvalue weighted by atomic mass is 35.5. The third-order valence-electron chi connectivity index (χ3n) is 2.48. The number of hydrogen-bond donors (Lipinski definition) is 1. The zero-order valence-corrected chi connectivity index (χ0v) is 9.65. The fourth-order valence-corrected chi connectivity index (χ4v) is 1.64. The van der Waals surface area contributed by atoms with Gasteiger partial charge in [0.05, 0.1) is 16.8 Å². The van der Waals surface area contributed by atoms with Gasteiger partial charge in [-0.25, -0.2) is 0 Å². The predicted octanol–water partition coefficient (Wildman–Crippen LogP) is 2.49. The van der Waals surface area contributed by atoms with Gasteiger partial charge in [-0.2, -0.15) is 0 Å². The molecule has 2 rings (SSSR count). The molecule has 2 heterocycles. The van der Waals surface area contributed by atoms with Crippen LogP contribution in [0.3, 0.4) is 0 Å². The Morgan fingerprint density at radius 1 is 1.25 bits per heavy atom. The molecule has 1 atom stereocenters. The molecular weight excluding hydrogens is 222 g/mol. The lowest BCUT2D eigenvalue weighted by molar-refractivity contribution is 0.814. The zero-order valence-electron chi connectivity index (χ0n) is 8.89. The van der Waals surface area contributed by atoms with E-state index in [1.54, 1.807) is 24.7 Å². The SMILES string of the molecule is Cc1ccncc1C(N)c1ccc(Cl)cn1. The van der Waals surface area contributed by atoms with Gasteiger partial charge >= 0.3 is 0 Å². The molecule has 0 spiro atoms. The van der Waals surface area contributed by atoms with Gasteiger partial charge in [0.15, 0.2) is 0 Å². The molecule has 4 heteroatoms. The summed E-state index contributed by atoms with van der Waals surface area (Å²) in [5.41, 5.74) is 9.01. The van der Waals surface area contributed by atoms with Crippen molar-refractivity contribution in [2.75, 3.05) is 0 Å². The van der Waals surface area contributed by atoms with Crippen molar-refractivity contribution >= 4 is 11.6 Å². The second-order valence-corrected chi connectivity index (χ2v) is 4.05. The quantitative estimate of drug-likeness (QED) is 0.867. The van der Waals surface area contributed by atoms with Gasteiger partial charge in [-0.3, -0.25) is 9.97 Å². The molecule has 0 saturated heterocycles. The number of rotatable bonds is 2. The molecule has 0 fully saturated rings. The maximum Gasteiger partial charge on any atom is 0.0743 e. The normalized spacial score (nSPS) is 12.4. The van der Waals surface area contributed by atoms with Gasteiger partial charge in [0.2, 0.25) is 0 Å². The van der Waals surface area contributed by atoms with E-state index >= 15 is 0 Å². The number of aryl methyl sites for hydroxylation is 1. The summed E-state index contributed by atoms with van der Waals surface area (Å²) in [4.78, 5) is 8.29. The monoisotopic (exact) mass is 233 g/mol. The first-order valence-electron chi connectivity index (χ1n) is 4.96. The minimum Gasteiger partial charge on any atom is -0.319 e. The van der Waals surface area contributed by atoms with Crippen molar-refractivity contribution in [2.24, 2.45) is 5.73 Å².